The van der Waals surface area contributed by atoms with Crippen molar-refractivity contribution in [1.29, 1.82) is 0 Å². The molecular weight excluding hydrogens is 224 g/mol. The summed E-state index contributed by atoms with van der Waals surface area (Å²) in [6.07, 6.45) is 1.98. The SMILES string of the molecule is CCc1ccc(-c2cc(O)ccc2O)cc1CC. The summed E-state index contributed by atoms with van der Waals surface area (Å²) in [5, 5.41) is 19.4. The molecule has 0 heterocycles. The maximum absolute atomic E-state index is 9.87. The Morgan fingerprint density at radius 2 is 1.56 bits per heavy atom. The molecule has 2 nitrogen and oxygen atoms in total. The van der Waals surface area contributed by atoms with Gasteiger partial charge in [-0.3, -0.25) is 0 Å². The summed E-state index contributed by atoms with van der Waals surface area (Å²) < 4.78 is 0. The van der Waals surface area contributed by atoms with Crippen molar-refractivity contribution in [2.24, 2.45) is 0 Å². The van der Waals surface area contributed by atoms with E-state index in [0.717, 1.165) is 18.4 Å². The summed E-state index contributed by atoms with van der Waals surface area (Å²) in [5.41, 5.74) is 4.24. The smallest absolute Gasteiger partial charge is 0.123 e. The second-order valence-electron chi connectivity index (χ2n) is 4.39. The van der Waals surface area contributed by atoms with Gasteiger partial charge in [-0.1, -0.05) is 32.0 Å². The molecule has 94 valence electrons. The van der Waals surface area contributed by atoms with E-state index in [1.807, 2.05) is 6.07 Å². The summed E-state index contributed by atoms with van der Waals surface area (Å²) in [6, 6.07) is 10.8. The summed E-state index contributed by atoms with van der Waals surface area (Å²) >= 11 is 0. The minimum atomic E-state index is 0.167. The molecule has 0 aromatic heterocycles. The van der Waals surface area contributed by atoms with Gasteiger partial charge >= 0.3 is 0 Å². The van der Waals surface area contributed by atoms with Crippen LogP contribution >= 0.6 is 0 Å². The van der Waals surface area contributed by atoms with Crippen LogP contribution in [0.4, 0.5) is 0 Å². The molecule has 0 radical (unpaired) electrons. The molecule has 0 saturated carbocycles. The van der Waals surface area contributed by atoms with Crippen LogP contribution in [0, 0.1) is 0 Å². The topological polar surface area (TPSA) is 40.5 Å². The highest BCUT2D eigenvalue weighted by Crippen LogP contribution is 2.33. The van der Waals surface area contributed by atoms with Crippen molar-refractivity contribution in [2.75, 3.05) is 0 Å². The molecule has 2 aromatic carbocycles. The predicted molar refractivity (Wildman–Crippen MR) is 74.0 cm³/mol. The van der Waals surface area contributed by atoms with Gasteiger partial charge < -0.3 is 10.2 Å². The van der Waals surface area contributed by atoms with Gasteiger partial charge in [-0.25, -0.2) is 0 Å². The summed E-state index contributed by atoms with van der Waals surface area (Å²) in [4.78, 5) is 0. The average Bonchev–Trinajstić information content (AvgIpc) is 2.40. The molecule has 0 aliphatic heterocycles. The van der Waals surface area contributed by atoms with E-state index < -0.39 is 0 Å². The molecule has 0 atom stereocenters. The van der Waals surface area contributed by atoms with E-state index in [0.29, 0.717) is 5.56 Å². The molecule has 18 heavy (non-hydrogen) atoms. The maximum atomic E-state index is 9.87. The minimum Gasteiger partial charge on any atom is -0.508 e. The normalized spacial score (nSPS) is 10.6. The predicted octanol–water partition coefficient (Wildman–Crippen LogP) is 3.89. The van der Waals surface area contributed by atoms with Crippen LogP contribution in [0.15, 0.2) is 36.4 Å². The summed E-state index contributed by atoms with van der Waals surface area (Å²) in [6.45, 7) is 4.26. The van der Waals surface area contributed by atoms with Crippen LogP contribution in [0.1, 0.15) is 25.0 Å². The first-order valence-electron chi connectivity index (χ1n) is 6.29. The molecule has 2 rings (SSSR count). The van der Waals surface area contributed by atoms with Crippen molar-refractivity contribution in [1.82, 2.24) is 0 Å². The molecule has 2 N–H and O–H groups in total. The van der Waals surface area contributed by atoms with E-state index in [4.69, 9.17) is 0 Å². The number of hydrogen-bond acceptors (Lipinski definition) is 2. The number of rotatable bonds is 3. The largest absolute Gasteiger partial charge is 0.508 e. The Balaban J connectivity index is 2.54. The standard InChI is InChI=1S/C16H18O2/c1-3-11-5-6-13(9-12(11)4-2)15-10-14(17)7-8-16(15)18/h5-10,17-18H,3-4H2,1-2H3. The molecule has 0 aliphatic carbocycles. The zero-order valence-electron chi connectivity index (χ0n) is 10.8. The van der Waals surface area contributed by atoms with E-state index in [2.05, 4.69) is 26.0 Å². The minimum absolute atomic E-state index is 0.167. The van der Waals surface area contributed by atoms with Gasteiger partial charge in [-0.15, -0.1) is 0 Å². The molecule has 0 unspecified atom stereocenters. The van der Waals surface area contributed by atoms with Gasteiger partial charge in [-0.2, -0.15) is 0 Å². The molecule has 0 amide bonds. The van der Waals surface area contributed by atoms with Gasteiger partial charge in [0.15, 0.2) is 0 Å². The zero-order valence-corrected chi connectivity index (χ0v) is 10.8. The molecule has 2 heteroatoms. The number of aryl methyl sites for hydroxylation is 2. The van der Waals surface area contributed by atoms with E-state index in [-0.39, 0.29) is 11.5 Å². The van der Waals surface area contributed by atoms with Crippen LogP contribution in [-0.2, 0) is 12.8 Å². The van der Waals surface area contributed by atoms with Gasteiger partial charge in [0.2, 0.25) is 0 Å². The fourth-order valence-corrected chi connectivity index (χ4v) is 2.22. The molecular formula is C16H18O2. The van der Waals surface area contributed by atoms with Gasteiger partial charge in [0.25, 0.3) is 0 Å². The van der Waals surface area contributed by atoms with E-state index >= 15 is 0 Å². The number of aromatic hydroxyl groups is 2. The van der Waals surface area contributed by atoms with Crippen LogP contribution in [0.25, 0.3) is 11.1 Å². The maximum Gasteiger partial charge on any atom is 0.123 e. The van der Waals surface area contributed by atoms with Gasteiger partial charge in [0, 0.05) is 5.56 Å². The summed E-state index contributed by atoms with van der Waals surface area (Å²) in [7, 11) is 0. The molecule has 2 aromatic rings. The molecule has 0 bridgehead atoms. The molecule has 0 saturated heterocycles. The third kappa shape index (κ3) is 2.33. The van der Waals surface area contributed by atoms with E-state index in [1.54, 1.807) is 6.07 Å². The van der Waals surface area contributed by atoms with Crippen molar-refractivity contribution in [3.63, 3.8) is 0 Å². The van der Waals surface area contributed by atoms with Crippen LogP contribution in [0.5, 0.6) is 11.5 Å². The van der Waals surface area contributed by atoms with E-state index in [1.165, 1.54) is 23.3 Å². The Morgan fingerprint density at radius 3 is 2.22 bits per heavy atom. The monoisotopic (exact) mass is 242 g/mol. The zero-order chi connectivity index (χ0) is 13.1. The number of benzene rings is 2. The van der Waals surface area contributed by atoms with Crippen LogP contribution in [0.3, 0.4) is 0 Å². The first-order chi connectivity index (χ1) is 8.65. The lowest BCUT2D eigenvalue weighted by Crippen LogP contribution is -1.91. The Kier molecular flexibility index (Phi) is 3.56. The first kappa shape index (κ1) is 12.5. The quantitative estimate of drug-likeness (QED) is 0.802. The lowest BCUT2D eigenvalue weighted by atomic mass is 9.96. The Labute approximate surface area is 108 Å². The van der Waals surface area contributed by atoms with Gasteiger partial charge in [0.1, 0.15) is 11.5 Å². The highest BCUT2D eigenvalue weighted by molar-refractivity contribution is 5.72. The van der Waals surface area contributed by atoms with Crippen molar-refractivity contribution in [3.05, 3.63) is 47.5 Å². The third-order valence-electron chi connectivity index (χ3n) is 3.26. The number of phenols is 2. The highest BCUT2D eigenvalue weighted by Gasteiger charge is 2.08. The van der Waals surface area contributed by atoms with Gasteiger partial charge in [-0.05, 0) is 47.7 Å². The molecule has 0 fully saturated rings. The van der Waals surface area contributed by atoms with Crippen molar-refractivity contribution in [3.8, 4) is 22.6 Å². The third-order valence-corrected chi connectivity index (χ3v) is 3.26. The van der Waals surface area contributed by atoms with Crippen molar-refractivity contribution in [2.45, 2.75) is 26.7 Å². The highest BCUT2D eigenvalue weighted by atomic mass is 16.3. The fourth-order valence-electron chi connectivity index (χ4n) is 2.22. The first-order valence-corrected chi connectivity index (χ1v) is 6.29. The van der Waals surface area contributed by atoms with Crippen LogP contribution in [0.2, 0.25) is 0 Å². The number of phenolic OH excluding ortho intramolecular Hbond substituents is 2. The Bertz CT molecular complexity index is 559. The van der Waals surface area contributed by atoms with Gasteiger partial charge in [0.05, 0.1) is 0 Å². The van der Waals surface area contributed by atoms with Crippen LogP contribution in [-0.4, -0.2) is 10.2 Å². The molecule has 0 spiro atoms. The fraction of sp³-hybridized carbons (Fsp3) is 0.250. The van der Waals surface area contributed by atoms with E-state index in [9.17, 15) is 10.2 Å². The lowest BCUT2D eigenvalue weighted by molar-refractivity contribution is 0.462. The lowest BCUT2D eigenvalue weighted by Gasteiger charge is -2.10. The second kappa shape index (κ2) is 5.13. The van der Waals surface area contributed by atoms with Crippen LogP contribution < -0.4 is 0 Å². The van der Waals surface area contributed by atoms with Crippen molar-refractivity contribution >= 4 is 0 Å². The molecule has 0 aliphatic rings. The summed E-state index contributed by atoms with van der Waals surface area (Å²) in [5.74, 6) is 0.361. The second-order valence-corrected chi connectivity index (χ2v) is 4.39. The number of hydrogen-bond donors (Lipinski definition) is 2. The Morgan fingerprint density at radius 1 is 0.833 bits per heavy atom. The Hall–Kier alpha value is -1.96. The van der Waals surface area contributed by atoms with Crippen molar-refractivity contribution < 1.29 is 10.2 Å². The average molecular weight is 242 g/mol.